The summed E-state index contributed by atoms with van der Waals surface area (Å²) in [6.45, 7) is 3.61. The van der Waals surface area contributed by atoms with Crippen LogP contribution in [0.3, 0.4) is 0 Å². The second-order valence-corrected chi connectivity index (χ2v) is 5.02. The summed E-state index contributed by atoms with van der Waals surface area (Å²) in [5.74, 6) is 0.948. The molecule has 0 spiro atoms. The minimum absolute atomic E-state index is 0.622. The first-order valence-corrected chi connectivity index (χ1v) is 6.18. The van der Waals surface area contributed by atoms with Crippen molar-refractivity contribution in [2.24, 2.45) is 11.7 Å². The van der Waals surface area contributed by atoms with Gasteiger partial charge < -0.3 is 5.73 Å². The molecule has 2 atom stereocenters. The topological polar surface area (TPSA) is 60.0 Å². The molecular weight excluding hydrogens is 202 g/mol. The molecule has 2 N–H and O–H groups in total. The van der Waals surface area contributed by atoms with Crippen LogP contribution in [-0.2, 0) is 13.1 Å². The molecule has 0 aromatic carbocycles. The van der Waals surface area contributed by atoms with E-state index in [0.717, 1.165) is 30.7 Å². The number of hydrogen-bond donors (Lipinski definition) is 1. The Kier molecular flexibility index (Phi) is 2.65. The highest BCUT2D eigenvalue weighted by molar-refractivity contribution is 4.98. The van der Waals surface area contributed by atoms with Crippen LogP contribution in [0.2, 0.25) is 0 Å². The molecule has 0 radical (unpaired) electrons. The van der Waals surface area contributed by atoms with Gasteiger partial charge in [0.05, 0.1) is 12.2 Å². The molecule has 1 aromatic heterocycles. The molecule has 2 heterocycles. The van der Waals surface area contributed by atoms with Gasteiger partial charge in [0.1, 0.15) is 0 Å². The first-order chi connectivity index (χ1) is 7.85. The molecule has 1 aliphatic heterocycles. The van der Waals surface area contributed by atoms with Crippen molar-refractivity contribution in [3.05, 3.63) is 11.9 Å². The van der Waals surface area contributed by atoms with Crippen LogP contribution in [0.4, 0.5) is 0 Å². The zero-order chi connectivity index (χ0) is 11.0. The Labute approximate surface area is 95.6 Å². The molecule has 16 heavy (non-hydrogen) atoms. The number of nitrogens with two attached hydrogens (primary N) is 1. The molecule has 88 valence electrons. The molecule has 5 heteroatoms. The fourth-order valence-electron chi connectivity index (χ4n) is 3.08. The predicted octanol–water partition coefficient (Wildman–Crippen LogP) is 0.221. The van der Waals surface area contributed by atoms with Crippen molar-refractivity contribution in [2.45, 2.75) is 38.4 Å². The highest BCUT2D eigenvalue weighted by Gasteiger charge is 2.37. The smallest absolute Gasteiger partial charge is 0.0967 e. The van der Waals surface area contributed by atoms with E-state index in [1.165, 1.54) is 25.8 Å². The van der Waals surface area contributed by atoms with Crippen molar-refractivity contribution >= 4 is 0 Å². The van der Waals surface area contributed by atoms with Gasteiger partial charge in [-0.3, -0.25) is 9.58 Å². The van der Waals surface area contributed by atoms with Crippen LogP contribution in [0.25, 0.3) is 0 Å². The Hall–Kier alpha value is -0.940. The third-order valence-electron chi connectivity index (χ3n) is 3.83. The molecule has 0 amide bonds. The van der Waals surface area contributed by atoms with Crippen molar-refractivity contribution in [3.63, 3.8) is 0 Å². The lowest BCUT2D eigenvalue weighted by Crippen LogP contribution is -2.31. The van der Waals surface area contributed by atoms with Crippen molar-refractivity contribution in [1.29, 1.82) is 0 Å². The zero-order valence-electron chi connectivity index (χ0n) is 9.55. The number of rotatable bonds is 4. The van der Waals surface area contributed by atoms with E-state index in [9.17, 15) is 0 Å². The average molecular weight is 221 g/mol. The molecule has 2 unspecified atom stereocenters. The van der Waals surface area contributed by atoms with Gasteiger partial charge in [-0.05, 0) is 25.2 Å². The van der Waals surface area contributed by atoms with Crippen molar-refractivity contribution < 1.29 is 0 Å². The molecule has 1 aromatic rings. The normalized spacial score (nSPS) is 29.1. The highest BCUT2D eigenvalue weighted by atomic mass is 15.4. The quantitative estimate of drug-likeness (QED) is 0.790. The molecule has 2 bridgehead atoms. The number of nitrogens with zero attached hydrogens (tertiary/aromatic N) is 4. The van der Waals surface area contributed by atoms with Crippen LogP contribution < -0.4 is 5.73 Å². The number of fused-ring (bicyclic) bond motifs is 2. The fourth-order valence-corrected chi connectivity index (χ4v) is 3.08. The second-order valence-electron chi connectivity index (χ2n) is 5.02. The summed E-state index contributed by atoms with van der Waals surface area (Å²) in [6.07, 6.45) is 6.23. The number of hydrogen-bond acceptors (Lipinski definition) is 4. The summed E-state index contributed by atoms with van der Waals surface area (Å²) >= 11 is 0. The minimum Gasteiger partial charge on any atom is -0.329 e. The lowest BCUT2D eigenvalue weighted by atomic mass is 10.1. The van der Waals surface area contributed by atoms with Gasteiger partial charge in [0.15, 0.2) is 0 Å². The van der Waals surface area contributed by atoms with E-state index < -0.39 is 0 Å². The Morgan fingerprint density at radius 2 is 2.38 bits per heavy atom. The van der Waals surface area contributed by atoms with Gasteiger partial charge in [0.25, 0.3) is 0 Å². The minimum atomic E-state index is 0.622. The van der Waals surface area contributed by atoms with Gasteiger partial charge in [-0.1, -0.05) is 5.21 Å². The monoisotopic (exact) mass is 221 g/mol. The molecule has 2 fully saturated rings. The first kappa shape index (κ1) is 10.2. The first-order valence-electron chi connectivity index (χ1n) is 6.18. The van der Waals surface area contributed by atoms with E-state index in [0.29, 0.717) is 6.54 Å². The Morgan fingerprint density at radius 1 is 1.44 bits per heavy atom. The molecule has 2 aliphatic rings. The van der Waals surface area contributed by atoms with Crippen LogP contribution in [-0.4, -0.2) is 39.0 Å². The molecule has 3 rings (SSSR count). The van der Waals surface area contributed by atoms with Gasteiger partial charge >= 0.3 is 0 Å². The van der Waals surface area contributed by atoms with Gasteiger partial charge in [-0.2, -0.15) is 0 Å². The van der Waals surface area contributed by atoms with E-state index in [4.69, 9.17) is 5.73 Å². The number of likely N-dealkylation sites (tertiary alicyclic amines) is 1. The maximum Gasteiger partial charge on any atom is 0.0967 e. The fraction of sp³-hybridized carbons (Fsp3) is 0.818. The summed E-state index contributed by atoms with van der Waals surface area (Å²) in [5, 5.41) is 8.27. The summed E-state index contributed by atoms with van der Waals surface area (Å²) in [5.41, 5.74) is 6.57. The molecule has 5 nitrogen and oxygen atoms in total. The molecule has 1 aliphatic carbocycles. The van der Waals surface area contributed by atoms with E-state index in [-0.39, 0.29) is 0 Å². The van der Waals surface area contributed by atoms with Crippen LogP contribution in [0, 0.1) is 5.92 Å². The maximum atomic E-state index is 5.48. The van der Waals surface area contributed by atoms with E-state index >= 15 is 0 Å². The summed E-state index contributed by atoms with van der Waals surface area (Å²) in [4.78, 5) is 2.56. The van der Waals surface area contributed by atoms with Crippen molar-refractivity contribution in [2.75, 3.05) is 13.1 Å². The van der Waals surface area contributed by atoms with E-state index in [2.05, 4.69) is 15.2 Å². The van der Waals surface area contributed by atoms with E-state index in [1.54, 1.807) is 0 Å². The third kappa shape index (κ3) is 1.85. The van der Waals surface area contributed by atoms with Gasteiger partial charge in [-0.15, -0.1) is 5.10 Å². The van der Waals surface area contributed by atoms with Crippen LogP contribution in [0.1, 0.15) is 25.0 Å². The third-order valence-corrected chi connectivity index (χ3v) is 3.83. The predicted molar refractivity (Wildman–Crippen MR) is 60.6 cm³/mol. The lowest BCUT2D eigenvalue weighted by Gasteiger charge is -2.25. The number of aromatic nitrogens is 3. The van der Waals surface area contributed by atoms with Crippen LogP contribution in [0.15, 0.2) is 6.20 Å². The Balaban J connectivity index is 1.61. The Morgan fingerprint density at radius 3 is 3.06 bits per heavy atom. The number of piperidine rings is 1. The maximum absolute atomic E-state index is 5.48. The van der Waals surface area contributed by atoms with Gasteiger partial charge in [0.2, 0.25) is 0 Å². The van der Waals surface area contributed by atoms with Gasteiger partial charge in [-0.25, -0.2) is 0 Å². The lowest BCUT2D eigenvalue weighted by molar-refractivity contribution is 0.203. The summed E-state index contributed by atoms with van der Waals surface area (Å²) < 4.78 is 1.84. The summed E-state index contributed by atoms with van der Waals surface area (Å²) in [7, 11) is 0. The average Bonchev–Trinajstić information content (AvgIpc) is 2.95. The Bertz CT molecular complexity index is 361. The molecule has 1 saturated carbocycles. The highest BCUT2D eigenvalue weighted by Crippen LogP contribution is 2.37. The van der Waals surface area contributed by atoms with Crippen molar-refractivity contribution in [1.82, 2.24) is 19.9 Å². The van der Waals surface area contributed by atoms with Crippen molar-refractivity contribution in [3.8, 4) is 0 Å². The molecule has 1 saturated heterocycles. The largest absolute Gasteiger partial charge is 0.329 e. The SMILES string of the molecule is NCCn1cc(CN2CC3CCC2C3)nn1. The zero-order valence-corrected chi connectivity index (χ0v) is 9.55. The van der Waals surface area contributed by atoms with E-state index in [1.807, 2.05) is 10.9 Å². The molecular formula is C11H19N5. The standard InChI is InChI=1S/C11H19N5/c12-3-4-16-8-10(13-14-16)7-15-6-9-1-2-11(15)5-9/h8-9,11H,1-7,12H2. The van der Waals surface area contributed by atoms with Crippen LogP contribution >= 0.6 is 0 Å². The second kappa shape index (κ2) is 4.14. The van der Waals surface area contributed by atoms with Gasteiger partial charge in [0, 0.05) is 31.9 Å². The summed E-state index contributed by atoms with van der Waals surface area (Å²) in [6, 6.07) is 0.810. The van der Waals surface area contributed by atoms with Crippen LogP contribution in [0.5, 0.6) is 0 Å².